The minimum Gasteiger partial charge on any atom is -0.501 e. The molecule has 0 fully saturated rings. The molecule has 0 aromatic rings. The maximum absolute atomic E-state index is 9.13. The Kier molecular flexibility index (Phi) is 4.40. The third-order valence-corrected chi connectivity index (χ3v) is 0.792. The van der Waals surface area contributed by atoms with E-state index in [2.05, 4.69) is 11.8 Å². The number of aliphatic hydroxyl groups is 1. The van der Waals surface area contributed by atoms with E-state index in [0.29, 0.717) is 6.61 Å². The van der Waals surface area contributed by atoms with Gasteiger partial charge in [0.25, 0.3) is 0 Å². The molecule has 0 aromatic carbocycles. The molecule has 62 valence electrons. The van der Waals surface area contributed by atoms with E-state index in [1.165, 1.54) is 6.26 Å². The van der Waals surface area contributed by atoms with Crippen molar-refractivity contribution >= 4 is 0 Å². The second kappa shape index (κ2) is 4.81. The Bertz CT molecular complexity index is 176. The van der Waals surface area contributed by atoms with E-state index >= 15 is 0 Å². The summed E-state index contributed by atoms with van der Waals surface area (Å²) in [7, 11) is 0. The summed E-state index contributed by atoms with van der Waals surface area (Å²) in [4.78, 5) is 0. The topological polar surface area (TPSA) is 29.5 Å². The van der Waals surface area contributed by atoms with Crippen LogP contribution in [0.4, 0.5) is 0 Å². The summed E-state index contributed by atoms with van der Waals surface area (Å²) < 4.78 is 4.88. The first-order valence-electron chi connectivity index (χ1n) is 3.58. The number of ether oxygens (including phenoxy) is 1. The molecule has 0 radical (unpaired) electrons. The van der Waals surface area contributed by atoms with E-state index in [0.717, 1.165) is 0 Å². The van der Waals surface area contributed by atoms with Gasteiger partial charge < -0.3 is 9.84 Å². The third-order valence-electron chi connectivity index (χ3n) is 0.792. The van der Waals surface area contributed by atoms with E-state index in [1.807, 2.05) is 6.92 Å². The molecular formula is C9H14O2. The standard InChI is InChI=1S/C9H14O2/c1-4-11-8-6-5-7-9(2,3)10/h6,8,10H,4H2,1-3H3/b8-6+. The van der Waals surface area contributed by atoms with E-state index < -0.39 is 5.60 Å². The van der Waals surface area contributed by atoms with Crippen LogP contribution < -0.4 is 0 Å². The molecule has 2 nitrogen and oxygen atoms in total. The van der Waals surface area contributed by atoms with Crippen molar-refractivity contribution in [2.75, 3.05) is 6.61 Å². The van der Waals surface area contributed by atoms with Gasteiger partial charge in [-0.2, -0.15) is 0 Å². The molecule has 11 heavy (non-hydrogen) atoms. The highest BCUT2D eigenvalue weighted by molar-refractivity contribution is 5.19. The molecule has 0 aliphatic heterocycles. The molecule has 0 atom stereocenters. The second-order valence-corrected chi connectivity index (χ2v) is 2.59. The molecule has 0 saturated heterocycles. The van der Waals surface area contributed by atoms with E-state index in [4.69, 9.17) is 9.84 Å². The van der Waals surface area contributed by atoms with Crippen LogP contribution in [0.15, 0.2) is 12.3 Å². The third kappa shape index (κ3) is 9.06. The van der Waals surface area contributed by atoms with Gasteiger partial charge in [-0.3, -0.25) is 0 Å². The van der Waals surface area contributed by atoms with Gasteiger partial charge in [0.1, 0.15) is 5.60 Å². The van der Waals surface area contributed by atoms with Crippen molar-refractivity contribution < 1.29 is 9.84 Å². The van der Waals surface area contributed by atoms with Crippen LogP contribution >= 0.6 is 0 Å². The predicted octanol–water partition coefficient (Wildman–Crippen LogP) is 1.31. The number of allylic oxidation sites excluding steroid dienone is 1. The Labute approximate surface area is 67.9 Å². The molecule has 2 heteroatoms. The van der Waals surface area contributed by atoms with Gasteiger partial charge >= 0.3 is 0 Å². The van der Waals surface area contributed by atoms with Crippen molar-refractivity contribution in [1.82, 2.24) is 0 Å². The fraction of sp³-hybridized carbons (Fsp3) is 0.556. The zero-order valence-electron chi connectivity index (χ0n) is 7.22. The van der Waals surface area contributed by atoms with Gasteiger partial charge in [-0.25, -0.2) is 0 Å². The molecule has 0 amide bonds. The van der Waals surface area contributed by atoms with Crippen LogP contribution in [0.5, 0.6) is 0 Å². The average molecular weight is 154 g/mol. The lowest BCUT2D eigenvalue weighted by molar-refractivity contribution is 0.143. The van der Waals surface area contributed by atoms with E-state index in [9.17, 15) is 0 Å². The molecule has 0 aliphatic carbocycles. The fourth-order valence-electron chi connectivity index (χ4n) is 0.397. The largest absolute Gasteiger partial charge is 0.501 e. The van der Waals surface area contributed by atoms with Crippen LogP contribution in [-0.2, 0) is 4.74 Å². The molecular weight excluding hydrogens is 140 g/mol. The Morgan fingerprint density at radius 2 is 2.18 bits per heavy atom. The van der Waals surface area contributed by atoms with Crippen LogP contribution in [0.2, 0.25) is 0 Å². The van der Waals surface area contributed by atoms with Gasteiger partial charge in [0.15, 0.2) is 0 Å². The van der Waals surface area contributed by atoms with Crippen molar-refractivity contribution in [3.63, 3.8) is 0 Å². The Balaban J connectivity index is 3.72. The average Bonchev–Trinajstić information content (AvgIpc) is 1.85. The Morgan fingerprint density at radius 3 is 2.64 bits per heavy atom. The highest BCUT2D eigenvalue weighted by Gasteiger charge is 2.04. The minimum absolute atomic E-state index is 0.640. The first kappa shape index (κ1) is 10.1. The van der Waals surface area contributed by atoms with Crippen molar-refractivity contribution in [1.29, 1.82) is 0 Å². The van der Waals surface area contributed by atoms with Gasteiger partial charge in [0.2, 0.25) is 0 Å². The second-order valence-electron chi connectivity index (χ2n) is 2.59. The van der Waals surface area contributed by atoms with E-state index in [-0.39, 0.29) is 0 Å². The maximum atomic E-state index is 9.13. The fourth-order valence-corrected chi connectivity index (χ4v) is 0.397. The van der Waals surface area contributed by atoms with Gasteiger partial charge in [0, 0.05) is 6.08 Å². The minimum atomic E-state index is -0.920. The molecule has 0 rings (SSSR count). The monoisotopic (exact) mass is 154 g/mol. The van der Waals surface area contributed by atoms with Crippen molar-refractivity contribution in [2.24, 2.45) is 0 Å². The summed E-state index contributed by atoms with van der Waals surface area (Å²) in [6, 6.07) is 0. The van der Waals surface area contributed by atoms with Gasteiger partial charge in [-0.15, -0.1) is 0 Å². The first-order valence-corrected chi connectivity index (χ1v) is 3.58. The Morgan fingerprint density at radius 1 is 1.55 bits per heavy atom. The highest BCUT2D eigenvalue weighted by atomic mass is 16.5. The van der Waals surface area contributed by atoms with Gasteiger partial charge in [0.05, 0.1) is 12.9 Å². The molecule has 0 saturated carbocycles. The van der Waals surface area contributed by atoms with Crippen molar-refractivity contribution in [2.45, 2.75) is 26.4 Å². The number of hydrogen-bond donors (Lipinski definition) is 1. The van der Waals surface area contributed by atoms with Crippen LogP contribution in [0.25, 0.3) is 0 Å². The normalized spacial score (nSPS) is 10.9. The van der Waals surface area contributed by atoms with Crippen LogP contribution in [0.3, 0.4) is 0 Å². The summed E-state index contributed by atoms with van der Waals surface area (Å²) in [5, 5.41) is 9.13. The predicted molar refractivity (Wildman–Crippen MR) is 44.8 cm³/mol. The molecule has 0 aliphatic rings. The maximum Gasteiger partial charge on any atom is 0.120 e. The lowest BCUT2D eigenvalue weighted by Crippen LogP contribution is -2.14. The quantitative estimate of drug-likeness (QED) is 0.480. The summed E-state index contributed by atoms with van der Waals surface area (Å²) in [6.07, 6.45) is 3.08. The van der Waals surface area contributed by atoms with Gasteiger partial charge in [-0.1, -0.05) is 11.8 Å². The van der Waals surface area contributed by atoms with Gasteiger partial charge in [-0.05, 0) is 20.8 Å². The molecule has 1 N–H and O–H groups in total. The lowest BCUT2D eigenvalue weighted by Gasteiger charge is -2.04. The van der Waals surface area contributed by atoms with E-state index in [1.54, 1.807) is 19.9 Å². The SMILES string of the molecule is CCO/C=C/C#CC(C)(C)O. The molecule has 0 aromatic heterocycles. The molecule has 0 heterocycles. The smallest absolute Gasteiger partial charge is 0.120 e. The zero-order valence-corrected chi connectivity index (χ0v) is 7.22. The lowest BCUT2D eigenvalue weighted by atomic mass is 10.1. The van der Waals surface area contributed by atoms with Crippen molar-refractivity contribution in [3.05, 3.63) is 12.3 Å². The number of rotatable bonds is 2. The van der Waals surface area contributed by atoms with Crippen LogP contribution in [0.1, 0.15) is 20.8 Å². The first-order chi connectivity index (χ1) is 5.06. The Hall–Kier alpha value is -0.940. The summed E-state index contributed by atoms with van der Waals surface area (Å²) >= 11 is 0. The summed E-state index contributed by atoms with van der Waals surface area (Å²) in [6.45, 7) is 5.80. The van der Waals surface area contributed by atoms with Crippen LogP contribution in [-0.4, -0.2) is 17.3 Å². The highest BCUT2D eigenvalue weighted by Crippen LogP contribution is 1.95. The molecule has 0 bridgehead atoms. The summed E-state index contributed by atoms with van der Waals surface area (Å²) in [5.41, 5.74) is -0.920. The molecule has 0 unspecified atom stereocenters. The van der Waals surface area contributed by atoms with Crippen LogP contribution in [0, 0.1) is 11.8 Å². The summed E-state index contributed by atoms with van der Waals surface area (Å²) in [5.74, 6) is 5.27. The number of hydrogen-bond acceptors (Lipinski definition) is 2. The molecule has 0 spiro atoms. The van der Waals surface area contributed by atoms with Crippen molar-refractivity contribution in [3.8, 4) is 11.8 Å². The zero-order chi connectivity index (χ0) is 8.74.